The number of esters is 1. The van der Waals surface area contributed by atoms with Crippen LogP contribution in [0.15, 0.2) is 0 Å². The second-order valence-corrected chi connectivity index (χ2v) is 3.80. The van der Waals surface area contributed by atoms with E-state index in [1.807, 2.05) is 6.92 Å². The summed E-state index contributed by atoms with van der Waals surface area (Å²) in [6.07, 6.45) is 4.47. The minimum absolute atomic E-state index is 0.0268. The number of likely N-dealkylation sites (tertiary alicyclic amines) is 1. The minimum atomic E-state index is -0.0268. The Hall–Kier alpha value is -0.570. The molecule has 1 aliphatic heterocycles. The van der Waals surface area contributed by atoms with Crippen LogP contribution in [0.25, 0.3) is 0 Å². The molecule has 1 aliphatic rings. The third kappa shape index (κ3) is 2.98. The summed E-state index contributed by atoms with van der Waals surface area (Å²) in [4.78, 5) is 13.8. The number of hydrogen-bond acceptors (Lipinski definition) is 3. The minimum Gasteiger partial charge on any atom is -0.465 e. The predicted octanol–water partition coefficient (Wildman–Crippen LogP) is 1.81. The fourth-order valence-corrected chi connectivity index (χ4v) is 1.96. The van der Waals surface area contributed by atoms with Gasteiger partial charge in [-0.3, -0.25) is 9.69 Å². The maximum atomic E-state index is 11.6. The molecule has 0 unspecified atom stereocenters. The van der Waals surface area contributed by atoms with Crippen molar-refractivity contribution >= 4 is 5.97 Å². The molecule has 0 amide bonds. The largest absolute Gasteiger partial charge is 0.465 e. The van der Waals surface area contributed by atoms with E-state index in [1.165, 1.54) is 12.8 Å². The van der Waals surface area contributed by atoms with E-state index in [0.29, 0.717) is 6.61 Å². The van der Waals surface area contributed by atoms with Gasteiger partial charge in [0.25, 0.3) is 0 Å². The Morgan fingerprint density at radius 2 is 2.29 bits per heavy atom. The highest BCUT2D eigenvalue weighted by molar-refractivity contribution is 5.76. The topological polar surface area (TPSA) is 29.5 Å². The van der Waals surface area contributed by atoms with E-state index in [0.717, 1.165) is 25.9 Å². The van der Waals surface area contributed by atoms with Gasteiger partial charge >= 0.3 is 5.97 Å². The summed E-state index contributed by atoms with van der Waals surface area (Å²) in [7, 11) is 0. The number of rotatable bonds is 5. The molecule has 1 heterocycles. The van der Waals surface area contributed by atoms with Gasteiger partial charge in [0, 0.05) is 0 Å². The molecule has 3 heteroatoms. The summed E-state index contributed by atoms with van der Waals surface area (Å²) in [5, 5.41) is 0. The average Bonchev–Trinajstić information content (AvgIpc) is 2.63. The van der Waals surface area contributed by atoms with E-state index in [-0.39, 0.29) is 12.0 Å². The Kier molecular flexibility index (Phi) is 4.94. The van der Waals surface area contributed by atoms with Crippen LogP contribution in [-0.4, -0.2) is 36.6 Å². The zero-order chi connectivity index (χ0) is 10.4. The number of hydrogen-bond donors (Lipinski definition) is 0. The SMILES string of the molecule is CCCCN1CCC[C@H]1C(=O)OCC. The summed E-state index contributed by atoms with van der Waals surface area (Å²) < 4.78 is 5.06. The van der Waals surface area contributed by atoms with Crippen molar-refractivity contribution in [1.82, 2.24) is 4.90 Å². The van der Waals surface area contributed by atoms with Gasteiger partial charge in [-0.15, -0.1) is 0 Å². The van der Waals surface area contributed by atoms with Crippen molar-refractivity contribution in [3.05, 3.63) is 0 Å². The van der Waals surface area contributed by atoms with Crippen molar-refractivity contribution < 1.29 is 9.53 Å². The molecule has 0 aliphatic carbocycles. The zero-order valence-electron chi connectivity index (χ0n) is 9.29. The van der Waals surface area contributed by atoms with Gasteiger partial charge in [-0.25, -0.2) is 0 Å². The average molecular weight is 199 g/mol. The standard InChI is InChI=1S/C11H21NO2/c1-3-5-8-12-9-6-7-10(12)11(13)14-4-2/h10H,3-9H2,1-2H3/t10-/m0/s1. The molecule has 82 valence electrons. The molecule has 14 heavy (non-hydrogen) atoms. The first-order valence-corrected chi connectivity index (χ1v) is 5.70. The van der Waals surface area contributed by atoms with Gasteiger partial charge in [-0.1, -0.05) is 13.3 Å². The second kappa shape index (κ2) is 6.02. The van der Waals surface area contributed by atoms with E-state index in [1.54, 1.807) is 0 Å². The molecule has 0 bridgehead atoms. The molecule has 1 saturated heterocycles. The molecule has 0 N–H and O–H groups in total. The third-order valence-corrected chi connectivity index (χ3v) is 2.72. The van der Waals surface area contributed by atoms with Crippen molar-refractivity contribution in [2.45, 2.75) is 45.6 Å². The van der Waals surface area contributed by atoms with Crippen LogP contribution in [0.2, 0.25) is 0 Å². The lowest BCUT2D eigenvalue weighted by Crippen LogP contribution is -2.37. The first-order chi connectivity index (χ1) is 6.79. The normalized spacial score (nSPS) is 22.6. The molecular formula is C11H21NO2. The van der Waals surface area contributed by atoms with Gasteiger partial charge in [0.05, 0.1) is 6.61 Å². The van der Waals surface area contributed by atoms with Gasteiger partial charge in [0.1, 0.15) is 6.04 Å². The van der Waals surface area contributed by atoms with Gasteiger partial charge < -0.3 is 4.74 Å². The Balaban J connectivity index is 2.38. The number of carbonyl (C=O) groups is 1. The van der Waals surface area contributed by atoms with Crippen LogP contribution in [0.1, 0.15) is 39.5 Å². The lowest BCUT2D eigenvalue weighted by atomic mass is 10.2. The Labute approximate surface area is 86.4 Å². The number of unbranched alkanes of at least 4 members (excludes halogenated alkanes) is 1. The first-order valence-electron chi connectivity index (χ1n) is 5.70. The van der Waals surface area contributed by atoms with E-state index < -0.39 is 0 Å². The van der Waals surface area contributed by atoms with Gasteiger partial charge in [0.2, 0.25) is 0 Å². The Bertz CT molecular complexity index is 182. The molecule has 1 atom stereocenters. The van der Waals surface area contributed by atoms with Crippen LogP contribution in [0.4, 0.5) is 0 Å². The van der Waals surface area contributed by atoms with Crippen LogP contribution in [0.3, 0.4) is 0 Å². The highest BCUT2D eigenvalue weighted by Gasteiger charge is 2.30. The van der Waals surface area contributed by atoms with E-state index in [2.05, 4.69) is 11.8 Å². The van der Waals surface area contributed by atoms with Gasteiger partial charge in [-0.05, 0) is 39.3 Å². The molecule has 0 saturated carbocycles. The summed E-state index contributed by atoms with van der Waals surface area (Å²) in [6, 6.07) is 0.0431. The first kappa shape index (κ1) is 11.5. The number of nitrogens with zero attached hydrogens (tertiary/aromatic N) is 1. The van der Waals surface area contributed by atoms with E-state index in [9.17, 15) is 4.79 Å². The highest BCUT2D eigenvalue weighted by Crippen LogP contribution is 2.18. The molecule has 0 radical (unpaired) electrons. The summed E-state index contributed by atoms with van der Waals surface area (Å²) in [5.41, 5.74) is 0. The van der Waals surface area contributed by atoms with Crippen LogP contribution < -0.4 is 0 Å². The summed E-state index contributed by atoms with van der Waals surface area (Å²) in [5.74, 6) is -0.0268. The fraction of sp³-hybridized carbons (Fsp3) is 0.909. The van der Waals surface area contributed by atoms with Crippen molar-refractivity contribution in [3.63, 3.8) is 0 Å². The molecule has 0 aromatic heterocycles. The molecule has 0 spiro atoms. The maximum Gasteiger partial charge on any atom is 0.323 e. The second-order valence-electron chi connectivity index (χ2n) is 3.80. The molecule has 0 aromatic carbocycles. The third-order valence-electron chi connectivity index (χ3n) is 2.72. The highest BCUT2D eigenvalue weighted by atomic mass is 16.5. The lowest BCUT2D eigenvalue weighted by molar-refractivity contribution is -0.148. The fourth-order valence-electron chi connectivity index (χ4n) is 1.96. The van der Waals surface area contributed by atoms with Crippen LogP contribution >= 0.6 is 0 Å². The monoisotopic (exact) mass is 199 g/mol. The molecule has 1 rings (SSSR count). The maximum absolute atomic E-state index is 11.6. The van der Waals surface area contributed by atoms with Crippen molar-refractivity contribution in [2.75, 3.05) is 19.7 Å². The summed E-state index contributed by atoms with van der Waals surface area (Å²) in [6.45, 7) is 6.64. The van der Waals surface area contributed by atoms with Gasteiger partial charge in [-0.2, -0.15) is 0 Å². The van der Waals surface area contributed by atoms with E-state index >= 15 is 0 Å². The van der Waals surface area contributed by atoms with Crippen molar-refractivity contribution in [1.29, 1.82) is 0 Å². The van der Waals surface area contributed by atoms with Crippen LogP contribution in [0, 0.1) is 0 Å². The van der Waals surface area contributed by atoms with Crippen LogP contribution in [0.5, 0.6) is 0 Å². The van der Waals surface area contributed by atoms with Crippen molar-refractivity contribution in [2.24, 2.45) is 0 Å². The van der Waals surface area contributed by atoms with Crippen molar-refractivity contribution in [3.8, 4) is 0 Å². The number of ether oxygens (including phenoxy) is 1. The van der Waals surface area contributed by atoms with Gasteiger partial charge in [0.15, 0.2) is 0 Å². The quantitative estimate of drug-likeness (QED) is 0.632. The lowest BCUT2D eigenvalue weighted by Gasteiger charge is -2.22. The summed E-state index contributed by atoms with van der Waals surface area (Å²) >= 11 is 0. The molecule has 1 fully saturated rings. The molecule has 0 aromatic rings. The zero-order valence-corrected chi connectivity index (χ0v) is 9.29. The number of carbonyl (C=O) groups excluding carboxylic acids is 1. The predicted molar refractivity (Wildman–Crippen MR) is 56.1 cm³/mol. The van der Waals surface area contributed by atoms with E-state index in [4.69, 9.17) is 4.74 Å². The molecular weight excluding hydrogens is 178 g/mol. The Morgan fingerprint density at radius 3 is 2.93 bits per heavy atom. The molecule has 3 nitrogen and oxygen atoms in total. The smallest absolute Gasteiger partial charge is 0.323 e. The van der Waals surface area contributed by atoms with Crippen LogP contribution in [-0.2, 0) is 9.53 Å². The Morgan fingerprint density at radius 1 is 1.50 bits per heavy atom.